The Kier molecular flexibility index (Phi) is 4.98. The summed E-state index contributed by atoms with van der Waals surface area (Å²) in [6.07, 6.45) is 3.70. The fraction of sp³-hybridized carbons (Fsp3) is 0.647. The van der Waals surface area contributed by atoms with Crippen LogP contribution < -0.4 is 10.1 Å². The summed E-state index contributed by atoms with van der Waals surface area (Å²) in [4.78, 5) is 0. The van der Waals surface area contributed by atoms with Crippen molar-refractivity contribution in [2.45, 2.75) is 52.2 Å². The molecule has 1 N–H and O–H groups in total. The second kappa shape index (κ2) is 6.36. The number of rotatable bonds is 3. The van der Waals surface area contributed by atoms with E-state index in [9.17, 15) is 0 Å². The molecule has 2 nitrogen and oxygen atoms in total. The molecule has 0 spiro atoms. The third-order valence-electron chi connectivity index (χ3n) is 4.50. The van der Waals surface area contributed by atoms with Gasteiger partial charge in [-0.2, -0.15) is 0 Å². The highest BCUT2D eigenvalue weighted by Gasteiger charge is 2.36. The van der Waals surface area contributed by atoms with E-state index in [0.717, 1.165) is 18.6 Å². The summed E-state index contributed by atoms with van der Waals surface area (Å²) < 4.78 is 6.22. The minimum Gasteiger partial charge on any atom is -0.487 e. The normalized spacial score (nSPS) is 27.4. The number of nitrogens with one attached hydrogen (secondary N) is 1. The molecular formula is C17H26ClNO. The van der Waals surface area contributed by atoms with Crippen LogP contribution in [-0.4, -0.2) is 19.2 Å². The molecule has 1 saturated carbocycles. The SMILES string of the molecule is CNC1CCC(C(C)(C)C)CC1Oc1ccccc1Cl. The van der Waals surface area contributed by atoms with Crippen LogP contribution in [0.15, 0.2) is 24.3 Å². The molecule has 2 rings (SSSR count). The molecule has 0 amide bonds. The summed E-state index contributed by atoms with van der Waals surface area (Å²) >= 11 is 6.22. The quantitative estimate of drug-likeness (QED) is 0.885. The molecule has 0 bridgehead atoms. The third-order valence-corrected chi connectivity index (χ3v) is 4.81. The largest absolute Gasteiger partial charge is 0.487 e. The van der Waals surface area contributed by atoms with Crippen LogP contribution >= 0.6 is 11.6 Å². The van der Waals surface area contributed by atoms with Crippen LogP contribution in [0.2, 0.25) is 5.02 Å². The molecule has 3 heteroatoms. The summed E-state index contributed by atoms with van der Waals surface area (Å²) in [7, 11) is 2.02. The van der Waals surface area contributed by atoms with Gasteiger partial charge >= 0.3 is 0 Å². The Hall–Kier alpha value is -0.730. The minimum atomic E-state index is 0.192. The van der Waals surface area contributed by atoms with Crippen molar-refractivity contribution in [2.24, 2.45) is 11.3 Å². The fourth-order valence-electron chi connectivity index (χ4n) is 3.08. The predicted molar refractivity (Wildman–Crippen MR) is 85.5 cm³/mol. The van der Waals surface area contributed by atoms with E-state index in [1.807, 2.05) is 31.3 Å². The lowest BCUT2D eigenvalue weighted by molar-refractivity contribution is 0.0496. The molecule has 1 aliphatic carbocycles. The Labute approximate surface area is 127 Å². The van der Waals surface area contributed by atoms with E-state index in [1.54, 1.807) is 0 Å². The van der Waals surface area contributed by atoms with Gasteiger partial charge < -0.3 is 10.1 Å². The topological polar surface area (TPSA) is 21.3 Å². The molecule has 3 unspecified atom stereocenters. The zero-order valence-corrected chi connectivity index (χ0v) is 13.7. The van der Waals surface area contributed by atoms with Gasteiger partial charge in [-0.05, 0) is 49.8 Å². The molecule has 1 aromatic rings. The van der Waals surface area contributed by atoms with Gasteiger partial charge in [0.25, 0.3) is 0 Å². The smallest absolute Gasteiger partial charge is 0.138 e. The molecule has 1 aromatic carbocycles. The van der Waals surface area contributed by atoms with Crippen LogP contribution in [0.1, 0.15) is 40.0 Å². The molecule has 20 heavy (non-hydrogen) atoms. The van der Waals surface area contributed by atoms with Crippen molar-refractivity contribution in [1.82, 2.24) is 5.32 Å². The summed E-state index contributed by atoms with van der Waals surface area (Å²) in [5.41, 5.74) is 0.334. The zero-order valence-electron chi connectivity index (χ0n) is 12.9. The van der Waals surface area contributed by atoms with Crippen molar-refractivity contribution in [2.75, 3.05) is 7.05 Å². The summed E-state index contributed by atoms with van der Waals surface area (Å²) in [5, 5.41) is 4.09. The van der Waals surface area contributed by atoms with E-state index < -0.39 is 0 Å². The number of hydrogen-bond acceptors (Lipinski definition) is 2. The van der Waals surface area contributed by atoms with Crippen LogP contribution in [0.4, 0.5) is 0 Å². The lowest BCUT2D eigenvalue weighted by Gasteiger charge is -2.41. The first-order chi connectivity index (χ1) is 9.41. The standard InChI is InChI=1S/C17H26ClNO/c1-17(2,3)12-9-10-14(19-4)16(11-12)20-15-8-6-5-7-13(15)18/h5-8,12,14,16,19H,9-11H2,1-4H3. The van der Waals surface area contributed by atoms with Crippen LogP contribution in [-0.2, 0) is 0 Å². The van der Waals surface area contributed by atoms with Crippen LogP contribution in [0.25, 0.3) is 0 Å². The van der Waals surface area contributed by atoms with Gasteiger partial charge in [0.15, 0.2) is 0 Å². The van der Waals surface area contributed by atoms with E-state index in [-0.39, 0.29) is 6.10 Å². The molecule has 0 aromatic heterocycles. The maximum Gasteiger partial charge on any atom is 0.138 e. The van der Waals surface area contributed by atoms with Crippen LogP contribution in [0.5, 0.6) is 5.75 Å². The lowest BCUT2D eigenvalue weighted by atomic mass is 9.70. The number of ether oxygens (including phenoxy) is 1. The number of halogens is 1. The molecule has 0 aliphatic heterocycles. The summed E-state index contributed by atoms with van der Waals surface area (Å²) in [6.45, 7) is 6.97. The average molecular weight is 296 g/mol. The Morgan fingerprint density at radius 2 is 1.90 bits per heavy atom. The van der Waals surface area contributed by atoms with E-state index in [0.29, 0.717) is 22.4 Å². The minimum absolute atomic E-state index is 0.192. The highest BCUT2D eigenvalue weighted by Crippen LogP contribution is 2.39. The molecule has 1 fully saturated rings. The highest BCUT2D eigenvalue weighted by atomic mass is 35.5. The number of hydrogen-bond donors (Lipinski definition) is 1. The van der Waals surface area contributed by atoms with Gasteiger partial charge in [-0.3, -0.25) is 0 Å². The third kappa shape index (κ3) is 3.67. The van der Waals surface area contributed by atoms with Gasteiger partial charge in [0.1, 0.15) is 11.9 Å². The maximum atomic E-state index is 6.22. The second-order valence-corrected chi connectivity index (χ2v) is 7.27. The zero-order chi connectivity index (χ0) is 14.8. The predicted octanol–water partition coefficient (Wildman–Crippen LogP) is 4.52. The molecule has 0 heterocycles. The molecular weight excluding hydrogens is 270 g/mol. The molecule has 0 saturated heterocycles. The van der Waals surface area contributed by atoms with Crippen molar-refractivity contribution < 1.29 is 4.74 Å². The molecule has 112 valence electrons. The molecule has 3 atom stereocenters. The lowest BCUT2D eigenvalue weighted by Crippen LogP contribution is -2.47. The van der Waals surface area contributed by atoms with Crippen molar-refractivity contribution in [1.29, 1.82) is 0 Å². The summed E-state index contributed by atoms with van der Waals surface area (Å²) in [5.74, 6) is 1.49. The van der Waals surface area contributed by atoms with E-state index in [4.69, 9.17) is 16.3 Å². The first kappa shape index (κ1) is 15.7. The van der Waals surface area contributed by atoms with Gasteiger partial charge in [-0.1, -0.05) is 44.5 Å². The maximum absolute atomic E-state index is 6.22. The van der Waals surface area contributed by atoms with Gasteiger partial charge in [0.2, 0.25) is 0 Å². The van der Waals surface area contributed by atoms with Crippen molar-refractivity contribution in [3.05, 3.63) is 29.3 Å². The van der Waals surface area contributed by atoms with Gasteiger partial charge in [0, 0.05) is 6.04 Å². The average Bonchev–Trinajstić information content (AvgIpc) is 2.40. The van der Waals surface area contributed by atoms with Gasteiger partial charge in [-0.25, -0.2) is 0 Å². The summed E-state index contributed by atoms with van der Waals surface area (Å²) in [6, 6.07) is 8.15. The molecule has 1 aliphatic rings. The Morgan fingerprint density at radius 3 is 2.50 bits per heavy atom. The van der Waals surface area contributed by atoms with Crippen molar-refractivity contribution in [3.8, 4) is 5.75 Å². The number of benzene rings is 1. The van der Waals surface area contributed by atoms with Gasteiger partial charge in [0.05, 0.1) is 5.02 Å². The molecule has 0 radical (unpaired) electrons. The fourth-order valence-corrected chi connectivity index (χ4v) is 3.26. The Bertz CT molecular complexity index is 441. The number of para-hydroxylation sites is 1. The number of likely N-dealkylation sites (N-methyl/N-ethyl adjacent to an activating group) is 1. The Morgan fingerprint density at radius 1 is 1.20 bits per heavy atom. The monoisotopic (exact) mass is 295 g/mol. The highest BCUT2D eigenvalue weighted by molar-refractivity contribution is 6.32. The van der Waals surface area contributed by atoms with E-state index in [1.165, 1.54) is 6.42 Å². The van der Waals surface area contributed by atoms with E-state index in [2.05, 4.69) is 26.1 Å². The van der Waals surface area contributed by atoms with E-state index >= 15 is 0 Å². The van der Waals surface area contributed by atoms with Gasteiger partial charge in [-0.15, -0.1) is 0 Å². The first-order valence-electron chi connectivity index (χ1n) is 7.50. The van der Waals surface area contributed by atoms with Crippen LogP contribution in [0, 0.1) is 11.3 Å². The van der Waals surface area contributed by atoms with Crippen LogP contribution in [0.3, 0.4) is 0 Å². The second-order valence-electron chi connectivity index (χ2n) is 6.86. The van der Waals surface area contributed by atoms with Crippen molar-refractivity contribution in [3.63, 3.8) is 0 Å². The Balaban J connectivity index is 2.12. The van der Waals surface area contributed by atoms with Crippen molar-refractivity contribution >= 4 is 11.6 Å². The first-order valence-corrected chi connectivity index (χ1v) is 7.88.